The van der Waals surface area contributed by atoms with Gasteiger partial charge >= 0.3 is 0 Å². The van der Waals surface area contributed by atoms with Gasteiger partial charge in [-0.3, -0.25) is 4.98 Å². The Morgan fingerprint density at radius 2 is 1.85 bits per heavy atom. The Kier molecular flexibility index (Phi) is 7.60. The minimum Gasteiger partial charge on any atom is -0.384 e. The Morgan fingerprint density at radius 3 is 2.45 bits per heavy atom. The molecule has 1 aromatic rings. The number of hydrogen-bond donors (Lipinski definition) is 2. The molecule has 0 bridgehead atoms. The SMILES string of the molecule is CCCNCc1cnccc1NCC(C(C)C)C(C)C. The number of rotatable bonds is 9. The van der Waals surface area contributed by atoms with E-state index in [4.69, 9.17) is 0 Å². The molecule has 0 saturated carbocycles. The molecule has 0 radical (unpaired) electrons. The molecule has 0 aliphatic heterocycles. The predicted octanol–water partition coefficient (Wildman–Crippen LogP) is 3.92. The van der Waals surface area contributed by atoms with Gasteiger partial charge in [0.15, 0.2) is 0 Å². The monoisotopic (exact) mass is 277 g/mol. The van der Waals surface area contributed by atoms with Crippen molar-refractivity contribution in [2.24, 2.45) is 17.8 Å². The third-order valence-corrected chi connectivity index (χ3v) is 3.89. The van der Waals surface area contributed by atoms with Gasteiger partial charge in [0.25, 0.3) is 0 Å². The second-order valence-corrected chi connectivity index (χ2v) is 6.24. The molecule has 0 fully saturated rings. The Labute approximate surface area is 124 Å². The highest BCUT2D eigenvalue weighted by Gasteiger charge is 2.17. The fourth-order valence-electron chi connectivity index (χ4n) is 2.61. The van der Waals surface area contributed by atoms with E-state index in [-0.39, 0.29) is 0 Å². The third kappa shape index (κ3) is 5.49. The molecule has 0 aliphatic carbocycles. The van der Waals surface area contributed by atoms with Gasteiger partial charge in [0.2, 0.25) is 0 Å². The van der Waals surface area contributed by atoms with E-state index in [9.17, 15) is 0 Å². The summed E-state index contributed by atoms with van der Waals surface area (Å²) in [6, 6.07) is 2.08. The van der Waals surface area contributed by atoms with Gasteiger partial charge in [-0.05, 0) is 36.8 Å². The van der Waals surface area contributed by atoms with E-state index in [2.05, 4.69) is 56.3 Å². The first-order valence-electron chi connectivity index (χ1n) is 7.93. The molecule has 0 spiro atoms. The Bertz CT molecular complexity index is 366. The van der Waals surface area contributed by atoms with Crippen LogP contribution in [-0.4, -0.2) is 18.1 Å². The van der Waals surface area contributed by atoms with Gasteiger partial charge in [0.1, 0.15) is 0 Å². The molecule has 0 amide bonds. The summed E-state index contributed by atoms with van der Waals surface area (Å²) in [7, 11) is 0. The van der Waals surface area contributed by atoms with Gasteiger partial charge in [0, 0.05) is 36.7 Å². The summed E-state index contributed by atoms with van der Waals surface area (Å²) in [5.41, 5.74) is 2.47. The van der Waals surface area contributed by atoms with Crippen molar-refractivity contribution < 1.29 is 0 Å². The molecular weight excluding hydrogens is 246 g/mol. The molecule has 2 N–H and O–H groups in total. The highest BCUT2D eigenvalue weighted by molar-refractivity contribution is 5.49. The fourth-order valence-corrected chi connectivity index (χ4v) is 2.61. The van der Waals surface area contributed by atoms with Crippen molar-refractivity contribution >= 4 is 5.69 Å². The second kappa shape index (κ2) is 8.96. The molecular formula is C17H31N3. The number of nitrogens with zero attached hydrogens (tertiary/aromatic N) is 1. The zero-order chi connectivity index (χ0) is 15.0. The number of nitrogens with one attached hydrogen (secondary N) is 2. The van der Waals surface area contributed by atoms with Gasteiger partial charge in [0.05, 0.1) is 0 Å². The van der Waals surface area contributed by atoms with Crippen molar-refractivity contribution in [1.82, 2.24) is 10.3 Å². The van der Waals surface area contributed by atoms with Crippen LogP contribution >= 0.6 is 0 Å². The van der Waals surface area contributed by atoms with Crippen molar-refractivity contribution in [3.63, 3.8) is 0 Å². The van der Waals surface area contributed by atoms with E-state index in [0.717, 1.165) is 26.1 Å². The summed E-state index contributed by atoms with van der Waals surface area (Å²) in [6.07, 6.45) is 4.99. The molecule has 114 valence electrons. The first kappa shape index (κ1) is 17.0. The van der Waals surface area contributed by atoms with Crippen LogP contribution in [0.1, 0.15) is 46.6 Å². The van der Waals surface area contributed by atoms with E-state index >= 15 is 0 Å². The summed E-state index contributed by atoms with van der Waals surface area (Å²) < 4.78 is 0. The van der Waals surface area contributed by atoms with E-state index in [0.29, 0.717) is 17.8 Å². The Hall–Kier alpha value is -1.09. The van der Waals surface area contributed by atoms with Crippen molar-refractivity contribution in [3.8, 4) is 0 Å². The van der Waals surface area contributed by atoms with Crippen LogP contribution in [-0.2, 0) is 6.54 Å². The minimum atomic E-state index is 0.694. The molecule has 0 aromatic carbocycles. The van der Waals surface area contributed by atoms with Crippen LogP contribution in [0.4, 0.5) is 5.69 Å². The first-order valence-corrected chi connectivity index (χ1v) is 7.93. The standard InChI is InChI=1S/C17H31N3/c1-6-8-18-10-15-11-19-9-7-17(15)20-12-16(13(2)3)14(4)5/h7,9,11,13-14,16,18H,6,8,10,12H2,1-5H3,(H,19,20). The number of anilines is 1. The van der Waals surface area contributed by atoms with Crippen molar-refractivity contribution in [2.45, 2.75) is 47.6 Å². The zero-order valence-corrected chi connectivity index (χ0v) is 13.7. The molecule has 20 heavy (non-hydrogen) atoms. The van der Waals surface area contributed by atoms with Gasteiger partial charge in [-0.15, -0.1) is 0 Å². The van der Waals surface area contributed by atoms with Crippen LogP contribution in [0.3, 0.4) is 0 Å². The summed E-state index contributed by atoms with van der Waals surface area (Å²) in [5, 5.41) is 7.07. The zero-order valence-electron chi connectivity index (χ0n) is 13.7. The van der Waals surface area contributed by atoms with Gasteiger partial charge in [-0.1, -0.05) is 34.6 Å². The van der Waals surface area contributed by atoms with Crippen molar-refractivity contribution in [2.75, 3.05) is 18.4 Å². The summed E-state index contributed by atoms with van der Waals surface area (Å²) in [4.78, 5) is 4.24. The van der Waals surface area contributed by atoms with E-state index in [1.807, 2.05) is 12.4 Å². The quantitative estimate of drug-likeness (QED) is 0.672. The van der Waals surface area contributed by atoms with Crippen LogP contribution in [0.15, 0.2) is 18.5 Å². The fraction of sp³-hybridized carbons (Fsp3) is 0.706. The average Bonchev–Trinajstić information content (AvgIpc) is 2.40. The maximum absolute atomic E-state index is 4.24. The molecule has 0 saturated heterocycles. The van der Waals surface area contributed by atoms with Crippen LogP contribution < -0.4 is 10.6 Å². The second-order valence-electron chi connectivity index (χ2n) is 6.24. The van der Waals surface area contributed by atoms with E-state index in [1.54, 1.807) is 0 Å². The molecule has 3 nitrogen and oxygen atoms in total. The normalized spacial score (nSPS) is 11.6. The number of aromatic nitrogens is 1. The molecule has 1 heterocycles. The molecule has 1 aromatic heterocycles. The lowest BCUT2D eigenvalue weighted by atomic mass is 9.85. The predicted molar refractivity (Wildman–Crippen MR) is 87.9 cm³/mol. The largest absolute Gasteiger partial charge is 0.384 e. The number of pyridine rings is 1. The smallest absolute Gasteiger partial charge is 0.0416 e. The molecule has 0 atom stereocenters. The van der Waals surface area contributed by atoms with Gasteiger partial charge in [-0.25, -0.2) is 0 Å². The summed E-state index contributed by atoms with van der Waals surface area (Å²) >= 11 is 0. The lowest BCUT2D eigenvalue weighted by Gasteiger charge is -2.26. The maximum atomic E-state index is 4.24. The van der Waals surface area contributed by atoms with Gasteiger partial charge < -0.3 is 10.6 Å². The van der Waals surface area contributed by atoms with Crippen molar-refractivity contribution in [3.05, 3.63) is 24.0 Å². The van der Waals surface area contributed by atoms with E-state index in [1.165, 1.54) is 11.3 Å². The Balaban J connectivity index is 2.62. The molecule has 3 heteroatoms. The molecule has 0 aliphatic rings. The van der Waals surface area contributed by atoms with Crippen LogP contribution in [0, 0.1) is 17.8 Å². The van der Waals surface area contributed by atoms with Crippen LogP contribution in [0.2, 0.25) is 0 Å². The van der Waals surface area contributed by atoms with Crippen LogP contribution in [0.25, 0.3) is 0 Å². The first-order chi connectivity index (χ1) is 9.56. The van der Waals surface area contributed by atoms with Crippen molar-refractivity contribution in [1.29, 1.82) is 0 Å². The van der Waals surface area contributed by atoms with E-state index < -0.39 is 0 Å². The van der Waals surface area contributed by atoms with Gasteiger partial charge in [-0.2, -0.15) is 0 Å². The lowest BCUT2D eigenvalue weighted by Crippen LogP contribution is -2.25. The average molecular weight is 277 g/mol. The maximum Gasteiger partial charge on any atom is 0.0416 e. The Morgan fingerprint density at radius 1 is 1.15 bits per heavy atom. The topological polar surface area (TPSA) is 37.0 Å². The summed E-state index contributed by atoms with van der Waals surface area (Å²) in [6.45, 7) is 14.4. The minimum absolute atomic E-state index is 0.694. The molecule has 0 unspecified atom stereocenters. The third-order valence-electron chi connectivity index (χ3n) is 3.89. The highest BCUT2D eigenvalue weighted by atomic mass is 14.9. The molecule has 1 rings (SSSR count). The highest BCUT2D eigenvalue weighted by Crippen LogP contribution is 2.22. The summed E-state index contributed by atoms with van der Waals surface area (Å²) in [5.74, 6) is 2.09. The lowest BCUT2D eigenvalue weighted by molar-refractivity contribution is 0.304. The van der Waals surface area contributed by atoms with Crippen LogP contribution in [0.5, 0.6) is 0 Å². The number of hydrogen-bond acceptors (Lipinski definition) is 3.